The van der Waals surface area contributed by atoms with Crippen molar-refractivity contribution in [1.29, 1.82) is 0 Å². The summed E-state index contributed by atoms with van der Waals surface area (Å²) in [5, 5.41) is 8.74. The number of ether oxygens (including phenoxy) is 7. The highest BCUT2D eigenvalue weighted by Crippen LogP contribution is 2.49. The van der Waals surface area contributed by atoms with Crippen molar-refractivity contribution in [3.05, 3.63) is 63.3 Å². The van der Waals surface area contributed by atoms with Gasteiger partial charge in [-0.1, -0.05) is 0 Å². The van der Waals surface area contributed by atoms with E-state index in [1.165, 1.54) is 50.6 Å². The second kappa shape index (κ2) is 39.1. The number of anilines is 5. The second-order valence-corrected chi connectivity index (χ2v) is 28.3. The fraction of sp³-hybridized carbons (Fsp3) is 0.491. The lowest BCUT2D eigenvalue weighted by Gasteiger charge is -2.22. The Morgan fingerprint density at radius 2 is 0.835 bits per heavy atom. The molecule has 0 saturated carbocycles. The van der Waals surface area contributed by atoms with Crippen molar-refractivity contribution in [2.45, 2.75) is 81.6 Å². The monoisotopic (exact) mass is 1510 g/mol. The molecule has 14 N–H and O–H groups in total. The molecule has 0 spiro atoms. The van der Waals surface area contributed by atoms with Crippen molar-refractivity contribution < 1.29 is 94.2 Å². The van der Waals surface area contributed by atoms with E-state index in [1.54, 1.807) is 86.3 Å². The van der Waals surface area contributed by atoms with E-state index in [9.17, 15) is 28.1 Å². The van der Waals surface area contributed by atoms with Gasteiger partial charge in [0.2, 0.25) is 13.6 Å². The first-order valence-electron chi connectivity index (χ1n) is 30.7. The fourth-order valence-electron chi connectivity index (χ4n) is 7.83. The minimum absolute atomic E-state index is 0.0510. The molecule has 1 fully saturated rings. The van der Waals surface area contributed by atoms with Gasteiger partial charge in [0.1, 0.15) is 91.5 Å². The number of aliphatic hydroxyl groups is 1. The maximum absolute atomic E-state index is 13.1. The molecule has 0 atom stereocenters. The molecular formula is C55H82N25O20P3. The molecule has 562 valence electrons. The predicted octanol–water partition coefficient (Wildman–Crippen LogP) is 3.40. The van der Waals surface area contributed by atoms with Gasteiger partial charge >= 0.3 is 40.9 Å². The summed E-state index contributed by atoms with van der Waals surface area (Å²) in [6, 6.07) is 0. The molecule has 11 heterocycles. The van der Waals surface area contributed by atoms with Crippen LogP contribution in [0.25, 0.3) is 55.8 Å². The highest BCUT2D eigenvalue weighted by molar-refractivity contribution is 7.54. The summed E-state index contributed by atoms with van der Waals surface area (Å²) in [7, 11) is -11.2. The number of aromatic amines is 1. The number of rotatable bonds is 27. The number of nitrogens with one attached hydrogen (secondary N) is 1. The molecule has 0 aliphatic carbocycles. The van der Waals surface area contributed by atoms with Crippen LogP contribution in [-0.2, 0) is 101 Å². The van der Waals surface area contributed by atoms with Gasteiger partial charge in [-0.2, -0.15) is 0 Å². The number of nitrogens with two attached hydrogens (primary N) is 5. The van der Waals surface area contributed by atoms with Gasteiger partial charge in [-0.25, -0.2) is 79.6 Å². The summed E-state index contributed by atoms with van der Waals surface area (Å²) in [5.74, 6) is 0.575. The summed E-state index contributed by atoms with van der Waals surface area (Å²) < 4.78 is 97.8. The van der Waals surface area contributed by atoms with Gasteiger partial charge in [-0.15, -0.1) is 0 Å². The molecule has 10 aromatic rings. The van der Waals surface area contributed by atoms with Crippen LogP contribution >= 0.6 is 22.8 Å². The number of hydrogen-bond acceptors (Lipinski definition) is 38. The number of imidazole rings is 5. The van der Waals surface area contributed by atoms with Gasteiger partial charge in [-0.3, -0.25) is 32.3 Å². The molecule has 10 aromatic heterocycles. The van der Waals surface area contributed by atoms with Crippen LogP contribution in [0.1, 0.15) is 55.4 Å². The highest BCUT2D eigenvalue weighted by Gasteiger charge is 2.31. The first kappa shape index (κ1) is 82.2. The van der Waals surface area contributed by atoms with Gasteiger partial charge in [0, 0.05) is 26.2 Å². The van der Waals surface area contributed by atoms with Crippen LogP contribution in [0, 0.1) is 10.8 Å². The lowest BCUT2D eigenvalue weighted by atomic mass is 9.98. The molecule has 1 aliphatic heterocycles. The van der Waals surface area contributed by atoms with Crippen molar-refractivity contribution in [3.63, 3.8) is 0 Å². The van der Waals surface area contributed by atoms with Gasteiger partial charge in [0.25, 0.3) is 0 Å². The minimum Gasteiger partial charge on any atom is -0.438 e. The van der Waals surface area contributed by atoms with Crippen molar-refractivity contribution >= 4 is 126 Å². The molecule has 0 unspecified atom stereocenters. The highest BCUT2D eigenvalue weighted by atomic mass is 31.2. The van der Waals surface area contributed by atoms with E-state index >= 15 is 0 Å². The summed E-state index contributed by atoms with van der Waals surface area (Å²) >= 11 is 0. The third kappa shape index (κ3) is 25.9. The Balaban J connectivity index is 0.000000208. The SMILES string of the molecule is CC(C)(C)C(=O)OCOP(=O)(COCCn1cnc2c(N)ncnc21)OCOC(=O)C(C)(C)C.CCOP(=O)(COCCn1cnc2c(N)ncnc21)OCC.Nc1ncnc2c1ncn2CCO.Nc1ncnc2c1ncn2CCOCP(=O)(O)O.Nc1ncnc2nc[nH]c12.O=C1OCCO1. The first-order chi connectivity index (χ1) is 48.9. The van der Waals surface area contributed by atoms with Crippen molar-refractivity contribution in [2.75, 3.05) is 114 Å². The van der Waals surface area contributed by atoms with Gasteiger partial charge < -0.3 is 109 Å². The Morgan fingerprint density at radius 3 is 1.16 bits per heavy atom. The summed E-state index contributed by atoms with van der Waals surface area (Å²) in [6.45, 7) is 16.0. The van der Waals surface area contributed by atoms with Crippen LogP contribution in [0.5, 0.6) is 0 Å². The third-order valence-corrected chi connectivity index (χ3v) is 16.6. The number of aliphatic hydroxyl groups excluding tert-OH is 1. The zero-order valence-electron chi connectivity index (χ0n) is 57.3. The molecular weight excluding hydrogens is 1420 g/mol. The van der Waals surface area contributed by atoms with Gasteiger partial charge in [0.15, 0.2) is 57.3 Å². The Morgan fingerprint density at radius 1 is 0.495 bits per heavy atom. The van der Waals surface area contributed by atoms with Crippen molar-refractivity contribution in [2.24, 2.45) is 10.8 Å². The molecule has 45 nitrogen and oxygen atoms in total. The van der Waals surface area contributed by atoms with E-state index in [0.29, 0.717) is 132 Å². The van der Waals surface area contributed by atoms with Crippen LogP contribution < -0.4 is 28.7 Å². The Kier molecular flexibility index (Phi) is 31.2. The second-order valence-electron chi connectivity index (χ2n) is 22.7. The minimum atomic E-state index is -4.12. The average Bonchev–Trinajstić information content (AvgIpc) is 1.70. The number of carbonyl (C=O) groups is 3. The quantitative estimate of drug-likeness (QED) is 0.0117. The number of fused-ring (bicyclic) bond motifs is 5. The number of nitrogen functional groups attached to an aromatic ring is 5. The normalized spacial score (nSPS) is 12.4. The Bertz CT molecular complexity index is 4450. The Labute approximate surface area is 585 Å². The van der Waals surface area contributed by atoms with E-state index in [4.69, 9.17) is 85.3 Å². The molecule has 11 rings (SSSR count). The lowest BCUT2D eigenvalue weighted by Crippen LogP contribution is -2.25. The number of cyclic esters (lactones) is 2. The molecule has 1 aliphatic rings. The van der Waals surface area contributed by atoms with E-state index < -0.39 is 78.0 Å². The standard InChI is InChI=1S/C20H32N5O8P.C12H20N5O4P.C8H12N5O4P.C7H9N5O.C5H5N5.C3H4O3/c1-19(2,3)17(26)30-11-32-34(28,33-12-31-18(27)20(4,5)6)13-29-8-7-25-10-24-14-15(21)22-9-23-16(14)25;1-3-20-22(18,21-4-2)9-19-6-5-17-8-16-10-11(13)14-7-15-12(10)17;9-7-6-8(11-3-10-7)13(4-12-6)1-2-17-5-18(14,15)16;8-6-5-7(10-3-9-6)12(1-2-13)4-11-5;6-4-3-5(9-1-7-3)10-2-8-4;4-3-5-1-2-6-3/h9-10H,7-8,11-13H2,1-6H3,(H2,21,22,23);7-8H,3-6,9H2,1-2H3,(H2,13,14,15);3-4H,1-2,5H2,(H2,9,10,11)(H2,14,15,16);3-4,13H,1-2H2,(H2,8,9,10);1-2H,(H3,6,7,8,9,10);1-2H2. The third-order valence-electron chi connectivity index (χ3n) is 12.8. The van der Waals surface area contributed by atoms with E-state index in [0.717, 1.165) is 0 Å². The molecule has 0 aromatic carbocycles. The van der Waals surface area contributed by atoms with Gasteiger partial charge in [0.05, 0.1) is 82.1 Å². The largest absolute Gasteiger partial charge is 0.508 e. The van der Waals surface area contributed by atoms with Gasteiger partial charge in [-0.05, 0) is 55.4 Å². The summed E-state index contributed by atoms with van der Waals surface area (Å²) in [4.78, 5) is 113. The number of nitrogens with zero attached hydrogens (tertiary/aromatic N) is 19. The number of esters is 2. The van der Waals surface area contributed by atoms with E-state index in [-0.39, 0.29) is 37.8 Å². The summed E-state index contributed by atoms with van der Waals surface area (Å²) in [5.41, 5.74) is 32.4. The van der Waals surface area contributed by atoms with E-state index in [2.05, 4.69) is 89.2 Å². The smallest absolute Gasteiger partial charge is 0.438 e. The first-order valence-corrected chi connectivity index (χ1v) is 36.0. The zero-order chi connectivity index (χ0) is 75.4. The predicted molar refractivity (Wildman–Crippen MR) is 365 cm³/mol. The maximum atomic E-state index is 13.1. The van der Waals surface area contributed by atoms with Crippen LogP contribution in [0.2, 0.25) is 0 Å². The number of aromatic nitrogens is 20. The Hall–Kier alpha value is -9.75. The number of H-pyrrole nitrogens is 1. The average molecular weight is 1510 g/mol. The molecule has 0 amide bonds. The molecule has 48 heteroatoms. The number of carbonyl (C=O) groups excluding carboxylic acids is 3. The maximum Gasteiger partial charge on any atom is 0.508 e. The number of hydrogen-bond donors (Lipinski definition) is 9. The molecule has 1 saturated heterocycles. The lowest BCUT2D eigenvalue weighted by molar-refractivity contribution is -0.162. The summed E-state index contributed by atoms with van der Waals surface area (Å²) in [6.07, 6.45) is 12.9. The van der Waals surface area contributed by atoms with Crippen LogP contribution in [-0.4, -0.2) is 216 Å². The molecule has 0 bridgehead atoms. The fourth-order valence-corrected chi connectivity index (χ4v) is 10.6. The zero-order valence-corrected chi connectivity index (χ0v) is 60.0. The van der Waals surface area contributed by atoms with Crippen LogP contribution in [0.3, 0.4) is 0 Å². The van der Waals surface area contributed by atoms with Crippen LogP contribution in [0.15, 0.2) is 63.3 Å². The van der Waals surface area contributed by atoms with Crippen LogP contribution in [0.4, 0.5) is 33.9 Å². The molecule has 0 radical (unpaired) electrons. The van der Waals surface area contributed by atoms with Crippen molar-refractivity contribution in [3.8, 4) is 0 Å². The van der Waals surface area contributed by atoms with Crippen molar-refractivity contribution in [1.82, 2.24) is 98.0 Å². The molecule has 103 heavy (non-hydrogen) atoms. The van der Waals surface area contributed by atoms with E-state index in [1.807, 2.05) is 0 Å². The topological polar surface area (TPSA) is 624 Å².